The number of aryl methyl sites for hydroxylation is 2. The molecule has 0 aromatic carbocycles. The molecule has 0 aliphatic rings. The third-order valence-corrected chi connectivity index (χ3v) is 2.96. The van der Waals surface area contributed by atoms with Gasteiger partial charge in [-0.1, -0.05) is 0 Å². The zero-order valence-corrected chi connectivity index (χ0v) is 12.0. The Hall–Kier alpha value is -1.96. The SMILES string of the molecule is CCn1cc(Br)c(C(=O)Nc2cc(C)[nH]c(=O)n2)n1. The number of hydrogen-bond acceptors (Lipinski definition) is 4. The number of carbonyl (C=O) groups is 1. The molecule has 0 saturated heterocycles. The van der Waals surface area contributed by atoms with Crippen molar-refractivity contribution in [2.45, 2.75) is 20.4 Å². The van der Waals surface area contributed by atoms with Crippen LogP contribution < -0.4 is 11.0 Å². The van der Waals surface area contributed by atoms with Crippen molar-refractivity contribution in [3.05, 3.63) is 38.6 Å². The molecule has 8 heteroatoms. The van der Waals surface area contributed by atoms with Gasteiger partial charge in [-0.05, 0) is 29.8 Å². The number of carbonyl (C=O) groups excluding carboxylic acids is 1. The van der Waals surface area contributed by atoms with Crippen LogP contribution >= 0.6 is 15.9 Å². The molecule has 2 aromatic heterocycles. The second-order valence-electron chi connectivity index (χ2n) is 3.89. The van der Waals surface area contributed by atoms with Crippen LogP contribution in [0.1, 0.15) is 23.1 Å². The predicted molar refractivity (Wildman–Crippen MR) is 73.1 cm³/mol. The van der Waals surface area contributed by atoms with Gasteiger partial charge in [0.15, 0.2) is 5.69 Å². The quantitative estimate of drug-likeness (QED) is 0.889. The molecule has 1 amide bonds. The fraction of sp³-hybridized carbons (Fsp3) is 0.273. The molecule has 19 heavy (non-hydrogen) atoms. The van der Waals surface area contributed by atoms with E-state index >= 15 is 0 Å². The van der Waals surface area contributed by atoms with Gasteiger partial charge in [0.25, 0.3) is 5.91 Å². The lowest BCUT2D eigenvalue weighted by Crippen LogP contribution is -2.19. The highest BCUT2D eigenvalue weighted by molar-refractivity contribution is 9.10. The number of aromatic amines is 1. The van der Waals surface area contributed by atoms with Gasteiger partial charge in [-0.15, -0.1) is 0 Å². The zero-order valence-electron chi connectivity index (χ0n) is 10.4. The van der Waals surface area contributed by atoms with Gasteiger partial charge in [0.2, 0.25) is 0 Å². The molecule has 0 atom stereocenters. The fourth-order valence-electron chi connectivity index (χ4n) is 1.53. The van der Waals surface area contributed by atoms with Gasteiger partial charge >= 0.3 is 5.69 Å². The Bertz CT molecular complexity index is 676. The van der Waals surface area contributed by atoms with Crippen LogP contribution in [-0.4, -0.2) is 25.7 Å². The van der Waals surface area contributed by atoms with E-state index < -0.39 is 11.6 Å². The first-order valence-corrected chi connectivity index (χ1v) is 6.41. The maximum atomic E-state index is 12.0. The number of H-pyrrole nitrogens is 1. The smallest absolute Gasteiger partial charge is 0.310 e. The highest BCUT2D eigenvalue weighted by atomic mass is 79.9. The average molecular weight is 326 g/mol. The van der Waals surface area contributed by atoms with E-state index in [2.05, 4.69) is 36.3 Å². The summed E-state index contributed by atoms with van der Waals surface area (Å²) in [7, 11) is 0. The third-order valence-electron chi connectivity index (χ3n) is 2.38. The van der Waals surface area contributed by atoms with Crippen molar-refractivity contribution in [2.24, 2.45) is 0 Å². The van der Waals surface area contributed by atoms with E-state index in [-0.39, 0.29) is 11.5 Å². The van der Waals surface area contributed by atoms with Crippen LogP contribution in [0.4, 0.5) is 5.82 Å². The fourth-order valence-corrected chi connectivity index (χ4v) is 2.03. The minimum Gasteiger partial charge on any atom is -0.310 e. The van der Waals surface area contributed by atoms with Gasteiger partial charge in [-0.2, -0.15) is 10.1 Å². The lowest BCUT2D eigenvalue weighted by Gasteiger charge is -2.02. The summed E-state index contributed by atoms with van der Waals surface area (Å²) in [5, 5.41) is 6.66. The van der Waals surface area contributed by atoms with Crippen molar-refractivity contribution in [3.63, 3.8) is 0 Å². The number of nitrogens with one attached hydrogen (secondary N) is 2. The van der Waals surface area contributed by atoms with Gasteiger partial charge in [0.1, 0.15) is 5.82 Å². The summed E-state index contributed by atoms with van der Waals surface area (Å²) in [6.45, 7) is 4.29. The lowest BCUT2D eigenvalue weighted by atomic mass is 10.4. The van der Waals surface area contributed by atoms with Crippen molar-refractivity contribution in [3.8, 4) is 0 Å². The number of anilines is 1. The molecule has 0 saturated carbocycles. The monoisotopic (exact) mass is 325 g/mol. The molecule has 0 bridgehead atoms. The van der Waals surface area contributed by atoms with Gasteiger partial charge in [0, 0.05) is 24.5 Å². The van der Waals surface area contributed by atoms with Crippen LogP contribution in [0.25, 0.3) is 0 Å². The molecule has 7 nitrogen and oxygen atoms in total. The van der Waals surface area contributed by atoms with Crippen molar-refractivity contribution in [1.29, 1.82) is 0 Å². The molecular formula is C11H12BrN5O2. The minimum absolute atomic E-state index is 0.198. The number of nitrogens with zero attached hydrogens (tertiary/aromatic N) is 3. The predicted octanol–water partition coefficient (Wildman–Crippen LogP) is 1.31. The van der Waals surface area contributed by atoms with E-state index in [0.717, 1.165) is 0 Å². The maximum absolute atomic E-state index is 12.0. The Morgan fingerprint density at radius 1 is 1.58 bits per heavy atom. The minimum atomic E-state index is -0.506. The molecule has 2 N–H and O–H groups in total. The summed E-state index contributed by atoms with van der Waals surface area (Å²) in [6, 6.07) is 1.57. The Balaban J connectivity index is 2.25. The van der Waals surface area contributed by atoms with Gasteiger partial charge in [0.05, 0.1) is 4.47 Å². The first-order chi connectivity index (χ1) is 8.99. The molecule has 2 heterocycles. The third kappa shape index (κ3) is 3.08. The second kappa shape index (κ2) is 5.35. The van der Waals surface area contributed by atoms with E-state index in [0.29, 0.717) is 16.7 Å². The Morgan fingerprint density at radius 2 is 2.32 bits per heavy atom. The van der Waals surface area contributed by atoms with Crippen LogP contribution in [0, 0.1) is 6.92 Å². The van der Waals surface area contributed by atoms with Crippen LogP contribution in [0.5, 0.6) is 0 Å². The molecule has 0 aliphatic carbocycles. The van der Waals surface area contributed by atoms with Crippen LogP contribution in [-0.2, 0) is 6.54 Å². The highest BCUT2D eigenvalue weighted by Gasteiger charge is 2.15. The topological polar surface area (TPSA) is 92.7 Å². The Kier molecular flexibility index (Phi) is 3.79. The summed E-state index contributed by atoms with van der Waals surface area (Å²) >= 11 is 3.27. The van der Waals surface area contributed by atoms with Gasteiger partial charge in [-0.25, -0.2) is 4.79 Å². The highest BCUT2D eigenvalue weighted by Crippen LogP contribution is 2.16. The molecule has 0 spiro atoms. The lowest BCUT2D eigenvalue weighted by molar-refractivity contribution is 0.102. The summed E-state index contributed by atoms with van der Waals surface area (Å²) in [4.78, 5) is 29.4. The van der Waals surface area contributed by atoms with E-state index in [9.17, 15) is 9.59 Å². The van der Waals surface area contributed by atoms with Gasteiger partial charge < -0.3 is 10.3 Å². The van der Waals surface area contributed by atoms with E-state index in [4.69, 9.17) is 0 Å². The molecule has 0 radical (unpaired) electrons. The molecule has 2 aromatic rings. The summed E-state index contributed by atoms with van der Waals surface area (Å²) in [5.41, 5.74) is 0.364. The summed E-state index contributed by atoms with van der Waals surface area (Å²) in [6.07, 6.45) is 1.71. The van der Waals surface area contributed by atoms with E-state index in [1.165, 1.54) is 0 Å². The van der Waals surface area contributed by atoms with Crippen LogP contribution in [0.2, 0.25) is 0 Å². The maximum Gasteiger partial charge on any atom is 0.347 e. The van der Waals surface area contributed by atoms with Crippen molar-refractivity contribution >= 4 is 27.7 Å². The normalized spacial score (nSPS) is 10.5. The second-order valence-corrected chi connectivity index (χ2v) is 4.74. The summed E-state index contributed by atoms with van der Waals surface area (Å²) in [5.74, 6) is -0.222. The number of rotatable bonds is 3. The number of amides is 1. The van der Waals surface area contributed by atoms with E-state index in [1.807, 2.05) is 6.92 Å². The molecule has 0 aliphatic heterocycles. The summed E-state index contributed by atoms with van der Waals surface area (Å²) < 4.78 is 2.23. The Labute approximate surface area is 117 Å². The van der Waals surface area contributed by atoms with Crippen LogP contribution in [0.15, 0.2) is 21.5 Å². The van der Waals surface area contributed by atoms with Gasteiger partial charge in [-0.3, -0.25) is 9.48 Å². The number of aromatic nitrogens is 4. The van der Waals surface area contributed by atoms with E-state index in [1.54, 1.807) is 23.9 Å². The molecule has 100 valence electrons. The first-order valence-electron chi connectivity index (χ1n) is 5.62. The zero-order chi connectivity index (χ0) is 14.0. The molecule has 0 fully saturated rings. The first kappa shape index (κ1) is 13.5. The molecule has 2 rings (SSSR count). The van der Waals surface area contributed by atoms with Crippen molar-refractivity contribution < 1.29 is 4.79 Å². The Morgan fingerprint density at radius 3 is 2.89 bits per heavy atom. The number of halogens is 1. The average Bonchev–Trinajstić information content (AvgIpc) is 2.69. The standard InChI is InChI=1S/C11H12BrN5O2/c1-3-17-5-7(12)9(16-17)10(18)14-8-4-6(2)13-11(19)15-8/h4-5H,3H2,1-2H3,(H2,13,14,15,18,19). The van der Waals surface area contributed by atoms with Crippen molar-refractivity contribution in [2.75, 3.05) is 5.32 Å². The number of hydrogen-bond donors (Lipinski definition) is 2. The largest absolute Gasteiger partial charge is 0.347 e. The van der Waals surface area contributed by atoms with Crippen LogP contribution in [0.3, 0.4) is 0 Å². The molecule has 0 unspecified atom stereocenters. The molecular weight excluding hydrogens is 314 g/mol. The van der Waals surface area contributed by atoms with Crippen molar-refractivity contribution in [1.82, 2.24) is 19.7 Å².